The summed E-state index contributed by atoms with van der Waals surface area (Å²) in [5, 5.41) is 3.28. The molecule has 0 radical (unpaired) electrons. The van der Waals surface area contributed by atoms with Crippen molar-refractivity contribution in [2.75, 3.05) is 6.61 Å². The van der Waals surface area contributed by atoms with E-state index in [0.717, 1.165) is 6.42 Å². The van der Waals surface area contributed by atoms with Crippen molar-refractivity contribution in [3.63, 3.8) is 0 Å². The van der Waals surface area contributed by atoms with Crippen LogP contribution in [-0.2, 0) is 9.53 Å². The third-order valence-electron chi connectivity index (χ3n) is 3.00. The zero-order valence-electron chi connectivity index (χ0n) is 7.59. The minimum absolute atomic E-state index is 0.0336. The molecule has 1 saturated carbocycles. The molecule has 1 N–H and O–H groups in total. The van der Waals surface area contributed by atoms with Crippen LogP contribution in [0.2, 0.25) is 0 Å². The average Bonchev–Trinajstić information content (AvgIpc) is 2.51. The number of hydrogen-bond donors (Lipinski definition) is 1. The SMILES string of the molecule is CCOC(=O)C1C[C@]2(C)CC2N1. The Labute approximate surface area is 72.5 Å². The molecule has 2 aliphatic rings. The minimum atomic E-state index is -0.0778. The second kappa shape index (κ2) is 2.46. The topological polar surface area (TPSA) is 38.3 Å². The summed E-state index contributed by atoms with van der Waals surface area (Å²) in [5.41, 5.74) is 0.400. The van der Waals surface area contributed by atoms with Crippen LogP contribution in [0, 0.1) is 5.41 Å². The van der Waals surface area contributed by atoms with Crippen molar-refractivity contribution < 1.29 is 9.53 Å². The van der Waals surface area contributed by atoms with Crippen LogP contribution in [0.4, 0.5) is 0 Å². The number of esters is 1. The predicted octanol–water partition coefficient (Wildman–Crippen LogP) is 0.690. The van der Waals surface area contributed by atoms with E-state index in [-0.39, 0.29) is 12.0 Å². The summed E-state index contributed by atoms with van der Waals surface area (Å²) in [4.78, 5) is 11.3. The molecule has 0 bridgehead atoms. The van der Waals surface area contributed by atoms with E-state index in [1.807, 2.05) is 6.92 Å². The van der Waals surface area contributed by atoms with Gasteiger partial charge in [-0.25, -0.2) is 0 Å². The van der Waals surface area contributed by atoms with E-state index in [2.05, 4.69) is 12.2 Å². The number of ether oxygens (including phenoxy) is 1. The fourth-order valence-electron chi connectivity index (χ4n) is 2.06. The van der Waals surface area contributed by atoms with E-state index in [9.17, 15) is 4.79 Å². The molecular weight excluding hydrogens is 154 g/mol. The normalized spacial score (nSPS) is 43.8. The summed E-state index contributed by atoms with van der Waals surface area (Å²) >= 11 is 0. The first-order valence-corrected chi connectivity index (χ1v) is 4.58. The Morgan fingerprint density at radius 1 is 1.67 bits per heavy atom. The molecule has 2 fully saturated rings. The third-order valence-corrected chi connectivity index (χ3v) is 3.00. The van der Waals surface area contributed by atoms with Gasteiger partial charge in [0.25, 0.3) is 0 Å². The number of nitrogens with one attached hydrogen (secondary N) is 1. The molecule has 3 heteroatoms. The molecule has 0 aromatic rings. The molecule has 0 spiro atoms. The lowest BCUT2D eigenvalue weighted by Crippen LogP contribution is -2.35. The molecular formula is C9H15NO2. The van der Waals surface area contributed by atoms with Crippen LogP contribution in [0.1, 0.15) is 26.7 Å². The zero-order chi connectivity index (χ0) is 8.77. The lowest BCUT2D eigenvalue weighted by molar-refractivity contribution is -0.145. The number of carbonyl (C=O) groups is 1. The monoisotopic (exact) mass is 169 g/mol. The molecule has 2 unspecified atom stereocenters. The molecule has 12 heavy (non-hydrogen) atoms. The number of carbonyl (C=O) groups excluding carboxylic acids is 1. The zero-order valence-corrected chi connectivity index (χ0v) is 7.59. The first kappa shape index (κ1) is 8.05. The summed E-state index contributed by atoms with van der Waals surface area (Å²) in [5.74, 6) is -0.0778. The predicted molar refractivity (Wildman–Crippen MR) is 44.7 cm³/mol. The van der Waals surface area contributed by atoms with Gasteiger partial charge in [-0.1, -0.05) is 6.92 Å². The van der Waals surface area contributed by atoms with Gasteiger partial charge in [0.05, 0.1) is 6.61 Å². The van der Waals surface area contributed by atoms with Gasteiger partial charge in [0.15, 0.2) is 0 Å². The van der Waals surface area contributed by atoms with Crippen molar-refractivity contribution in [1.29, 1.82) is 0 Å². The Morgan fingerprint density at radius 3 is 2.92 bits per heavy atom. The van der Waals surface area contributed by atoms with Crippen LogP contribution < -0.4 is 5.32 Å². The Morgan fingerprint density at radius 2 is 2.42 bits per heavy atom. The lowest BCUT2D eigenvalue weighted by atomic mass is 10.0. The van der Waals surface area contributed by atoms with Crippen LogP contribution in [0.25, 0.3) is 0 Å². The van der Waals surface area contributed by atoms with E-state index in [1.165, 1.54) is 6.42 Å². The molecule has 68 valence electrons. The van der Waals surface area contributed by atoms with Crippen LogP contribution in [0.15, 0.2) is 0 Å². The highest BCUT2D eigenvalue weighted by Crippen LogP contribution is 2.53. The highest BCUT2D eigenvalue weighted by molar-refractivity contribution is 5.76. The van der Waals surface area contributed by atoms with Crippen LogP contribution in [-0.4, -0.2) is 24.7 Å². The van der Waals surface area contributed by atoms with Crippen molar-refractivity contribution in [2.24, 2.45) is 5.41 Å². The van der Waals surface area contributed by atoms with E-state index >= 15 is 0 Å². The van der Waals surface area contributed by atoms with Gasteiger partial charge < -0.3 is 10.1 Å². The third kappa shape index (κ3) is 1.12. The molecule has 0 amide bonds. The molecule has 0 aromatic carbocycles. The lowest BCUT2D eigenvalue weighted by Gasteiger charge is -2.12. The van der Waals surface area contributed by atoms with Gasteiger partial charge in [-0.3, -0.25) is 4.79 Å². The van der Waals surface area contributed by atoms with Crippen LogP contribution in [0.3, 0.4) is 0 Å². The molecule has 1 saturated heterocycles. The van der Waals surface area contributed by atoms with Gasteiger partial charge in [0.1, 0.15) is 6.04 Å². The first-order chi connectivity index (χ1) is 5.65. The summed E-state index contributed by atoms with van der Waals surface area (Å²) in [7, 11) is 0. The molecule has 2 rings (SSSR count). The van der Waals surface area contributed by atoms with E-state index in [0.29, 0.717) is 18.1 Å². The molecule has 0 aromatic heterocycles. The van der Waals surface area contributed by atoms with Crippen LogP contribution in [0.5, 0.6) is 0 Å². The van der Waals surface area contributed by atoms with Crippen molar-refractivity contribution in [1.82, 2.24) is 5.32 Å². The van der Waals surface area contributed by atoms with E-state index < -0.39 is 0 Å². The summed E-state index contributed by atoms with van der Waals surface area (Å²) < 4.78 is 4.94. The first-order valence-electron chi connectivity index (χ1n) is 4.58. The van der Waals surface area contributed by atoms with E-state index in [1.54, 1.807) is 0 Å². The quantitative estimate of drug-likeness (QED) is 0.618. The number of piperidine rings is 1. The smallest absolute Gasteiger partial charge is 0.323 e. The standard InChI is InChI=1S/C9H15NO2/c1-3-12-8(11)6-4-9(2)5-7(9)10-6/h6-7,10H,3-5H2,1-2H3/t6?,7?,9-/m1/s1. The van der Waals surface area contributed by atoms with Gasteiger partial charge in [-0.05, 0) is 25.2 Å². The van der Waals surface area contributed by atoms with Crippen molar-refractivity contribution in [2.45, 2.75) is 38.8 Å². The largest absolute Gasteiger partial charge is 0.465 e. The molecule has 1 aliphatic heterocycles. The van der Waals surface area contributed by atoms with Crippen molar-refractivity contribution in [3.8, 4) is 0 Å². The Hall–Kier alpha value is -0.570. The number of fused-ring (bicyclic) bond motifs is 1. The van der Waals surface area contributed by atoms with Crippen molar-refractivity contribution in [3.05, 3.63) is 0 Å². The second-order valence-electron chi connectivity index (χ2n) is 4.09. The van der Waals surface area contributed by atoms with E-state index in [4.69, 9.17) is 4.74 Å². The Bertz CT molecular complexity index is 217. The van der Waals surface area contributed by atoms with Gasteiger partial charge in [-0.15, -0.1) is 0 Å². The maximum Gasteiger partial charge on any atom is 0.323 e. The second-order valence-corrected chi connectivity index (χ2v) is 4.09. The van der Waals surface area contributed by atoms with Crippen molar-refractivity contribution >= 4 is 5.97 Å². The molecule has 1 aliphatic carbocycles. The van der Waals surface area contributed by atoms with Gasteiger partial charge in [0.2, 0.25) is 0 Å². The number of rotatable bonds is 2. The molecule has 3 atom stereocenters. The summed E-state index contributed by atoms with van der Waals surface area (Å²) in [6.45, 7) is 4.55. The fraction of sp³-hybridized carbons (Fsp3) is 0.889. The van der Waals surface area contributed by atoms with Gasteiger partial charge >= 0.3 is 5.97 Å². The molecule has 1 heterocycles. The highest BCUT2D eigenvalue weighted by Gasteiger charge is 2.58. The average molecular weight is 169 g/mol. The van der Waals surface area contributed by atoms with Gasteiger partial charge in [0, 0.05) is 6.04 Å². The maximum absolute atomic E-state index is 11.3. The summed E-state index contributed by atoms with van der Waals surface area (Å²) in [6, 6.07) is 0.542. The fourth-order valence-corrected chi connectivity index (χ4v) is 2.06. The Kier molecular flexibility index (Phi) is 1.65. The minimum Gasteiger partial charge on any atom is -0.465 e. The van der Waals surface area contributed by atoms with Crippen LogP contribution >= 0.6 is 0 Å². The maximum atomic E-state index is 11.3. The highest BCUT2D eigenvalue weighted by atomic mass is 16.5. The number of hydrogen-bond acceptors (Lipinski definition) is 3. The Balaban J connectivity index is 1.88. The van der Waals surface area contributed by atoms with Gasteiger partial charge in [-0.2, -0.15) is 0 Å². The summed E-state index contributed by atoms with van der Waals surface area (Å²) in [6.07, 6.45) is 2.18. The molecule has 3 nitrogen and oxygen atoms in total.